The molecule has 1 aliphatic rings. The lowest BCUT2D eigenvalue weighted by Crippen LogP contribution is -2.38. The zero-order valence-electron chi connectivity index (χ0n) is 7.01. The Morgan fingerprint density at radius 2 is 2.09 bits per heavy atom. The number of amidine groups is 1. The predicted molar refractivity (Wildman–Crippen MR) is 44.8 cm³/mol. The maximum atomic E-state index is 8.69. The van der Waals surface area contributed by atoms with Gasteiger partial charge in [-0.25, -0.2) is 0 Å². The van der Waals surface area contributed by atoms with E-state index < -0.39 is 0 Å². The molecule has 1 aliphatic heterocycles. The first-order valence-corrected chi connectivity index (χ1v) is 4.17. The first-order valence-electron chi connectivity index (χ1n) is 4.17. The molecular formula is C8H16N2O. The highest BCUT2D eigenvalue weighted by Crippen LogP contribution is 2.15. The highest BCUT2D eigenvalue weighted by Gasteiger charge is 2.16. The molecule has 1 saturated heterocycles. The molecule has 1 rings (SSSR count). The Labute approximate surface area is 67.5 Å². The highest BCUT2D eigenvalue weighted by atomic mass is 16.3. The van der Waals surface area contributed by atoms with Crippen LogP contribution >= 0.6 is 0 Å². The van der Waals surface area contributed by atoms with Crippen molar-refractivity contribution >= 4 is 5.84 Å². The molecule has 0 aromatic heterocycles. The van der Waals surface area contributed by atoms with E-state index in [-0.39, 0.29) is 6.61 Å². The van der Waals surface area contributed by atoms with Gasteiger partial charge in [0.15, 0.2) is 0 Å². The molecule has 0 aromatic carbocycles. The van der Waals surface area contributed by atoms with Crippen LogP contribution in [0.2, 0.25) is 0 Å². The van der Waals surface area contributed by atoms with Gasteiger partial charge in [-0.2, -0.15) is 0 Å². The van der Waals surface area contributed by atoms with Gasteiger partial charge in [0.05, 0.1) is 0 Å². The summed E-state index contributed by atoms with van der Waals surface area (Å²) in [5, 5.41) is 16.1. The highest BCUT2D eigenvalue weighted by molar-refractivity contribution is 5.80. The van der Waals surface area contributed by atoms with Gasteiger partial charge in [0.2, 0.25) is 0 Å². The summed E-state index contributed by atoms with van der Waals surface area (Å²) in [5.41, 5.74) is 0. The van der Waals surface area contributed by atoms with Crippen molar-refractivity contribution in [2.24, 2.45) is 5.92 Å². The number of aliphatic hydroxyl groups is 1. The molecule has 0 bridgehead atoms. The summed E-state index contributed by atoms with van der Waals surface area (Å²) in [7, 11) is 0. The van der Waals surface area contributed by atoms with E-state index >= 15 is 0 Å². The molecule has 0 atom stereocenters. The van der Waals surface area contributed by atoms with Gasteiger partial charge < -0.3 is 10.0 Å². The largest absolute Gasteiger partial charge is 0.388 e. The third-order valence-electron chi connectivity index (χ3n) is 2.32. The van der Waals surface area contributed by atoms with Crippen LogP contribution in [0.25, 0.3) is 0 Å². The van der Waals surface area contributed by atoms with E-state index in [2.05, 4.69) is 6.92 Å². The smallest absolute Gasteiger partial charge is 0.122 e. The van der Waals surface area contributed by atoms with Crippen LogP contribution < -0.4 is 0 Å². The van der Waals surface area contributed by atoms with Gasteiger partial charge in [-0.1, -0.05) is 6.92 Å². The number of aliphatic hydroxyl groups excluding tert-OH is 1. The summed E-state index contributed by atoms with van der Waals surface area (Å²) in [5.74, 6) is 1.16. The minimum Gasteiger partial charge on any atom is -0.388 e. The Morgan fingerprint density at radius 1 is 1.55 bits per heavy atom. The van der Waals surface area contributed by atoms with Crippen LogP contribution in [0.4, 0.5) is 0 Å². The number of nitrogens with one attached hydrogen (secondary N) is 1. The standard InChI is InChI=1S/C8H16N2O/c1-7-2-4-10(5-3-7)8(9)6-11/h7,9,11H,2-6H2,1H3. The van der Waals surface area contributed by atoms with Crippen LogP contribution in [0.5, 0.6) is 0 Å². The topological polar surface area (TPSA) is 47.3 Å². The first kappa shape index (κ1) is 8.53. The molecule has 64 valence electrons. The quantitative estimate of drug-likeness (QED) is 0.433. The van der Waals surface area contributed by atoms with Gasteiger partial charge >= 0.3 is 0 Å². The van der Waals surface area contributed by atoms with Crippen LogP contribution in [0.15, 0.2) is 0 Å². The molecule has 3 heteroatoms. The van der Waals surface area contributed by atoms with Crippen molar-refractivity contribution in [1.82, 2.24) is 4.90 Å². The monoisotopic (exact) mass is 156 g/mol. The molecular weight excluding hydrogens is 140 g/mol. The van der Waals surface area contributed by atoms with E-state index in [0.29, 0.717) is 5.84 Å². The second-order valence-electron chi connectivity index (χ2n) is 3.27. The van der Waals surface area contributed by atoms with Gasteiger partial charge in [-0.3, -0.25) is 5.41 Å². The molecule has 1 heterocycles. The lowest BCUT2D eigenvalue weighted by Gasteiger charge is -2.31. The van der Waals surface area contributed by atoms with E-state index in [1.165, 1.54) is 0 Å². The molecule has 0 spiro atoms. The van der Waals surface area contributed by atoms with Crippen LogP contribution in [-0.2, 0) is 0 Å². The fourth-order valence-corrected chi connectivity index (χ4v) is 1.38. The van der Waals surface area contributed by atoms with E-state index in [1.54, 1.807) is 0 Å². The van der Waals surface area contributed by atoms with E-state index in [4.69, 9.17) is 10.5 Å². The second kappa shape index (κ2) is 3.72. The maximum Gasteiger partial charge on any atom is 0.122 e. The Balaban J connectivity index is 2.33. The van der Waals surface area contributed by atoms with Crippen LogP contribution in [0.3, 0.4) is 0 Å². The maximum absolute atomic E-state index is 8.69. The lowest BCUT2D eigenvalue weighted by atomic mass is 9.99. The number of nitrogens with zero attached hydrogens (tertiary/aromatic N) is 1. The summed E-state index contributed by atoms with van der Waals surface area (Å²) in [6.07, 6.45) is 2.31. The van der Waals surface area contributed by atoms with Gasteiger partial charge in [0.1, 0.15) is 12.4 Å². The summed E-state index contributed by atoms with van der Waals surface area (Å²) >= 11 is 0. The fourth-order valence-electron chi connectivity index (χ4n) is 1.38. The molecule has 0 saturated carbocycles. The number of hydrogen-bond acceptors (Lipinski definition) is 2. The molecule has 0 radical (unpaired) electrons. The zero-order valence-corrected chi connectivity index (χ0v) is 7.01. The van der Waals surface area contributed by atoms with Crippen molar-refractivity contribution in [1.29, 1.82) is 5.41 Å². The molecule has 0 aliphatic carbocycles. The van der Waals surface area contributed by atoms with Gasteiger partial charge in [0, 0.05) is 13.1 Å². The van der Waals surface area contributed by atoms with E-state index in [1.807, 2.05) is 4.90 Å². The zero-order chi connectivity index (χ0) is 8.27. The van der Waals surface area contributed by atoms with Crippen LogP contribution in [0.1, 0.15) is 19.8 Å². The third-order valence-corrected chi connectivity index (χ3v) is 2.32. The molecule has 2 N–H and O–H groups in total. The predicted octanol–water partition coefficient (Wildman–Crippen LogP) is 0.688. The average Bonchev–Trinajstić information content (AvgIpc) is 2.05. The molecule has 0 amide bonds. The average molecular weight is 156 g/mol. The van der Waals surface area contributed by atoms with Crippen molar-refractivity contribution in [2.45, 2.75) is 19.8 Å². The molecule has 3 nitrogen and oxygen atoms in total. The van der Waals surface area contributed by atoms with Crippen molar-refractivity contribution in [3.63, 3.8) is 0 Å². The van der Waals surface area contributed by atoms with Crippen LogP contribution in [-0.4, -0.2) is 35.5 Å². The molecule has 11 heavy (non-hydrogen) atoms. The molecule has 0 unspecified atom stereocenters. The van der Waals surface area contributed by atoms with Crippen LogP contribution in [0, 0.1) is 11.3 Å². The fraction of sp³-hybridized carbons (Fsp3) is 0.875. The summed E-state index contributed by atoms with van der Waals surface area (Å²) in [6.45, 7) is 4.01. The number of likely N-dealkylation sites (tertiary alicyclic amines) is 1. The van der Waals surface area contributed by atoms with Crippen molar-refractivity contribution in [3.8, 4) is 0 Å². The van der Waals surface area contributed by atoms with Crippen molar-refractivity contribution in [2.75, 3.05) is 19.7 Å². The van der Waals surface area contributed by atoms with Gasteiger partial charge in [-0.15, -0.1) is 0 Å². The summed E-state index contributed by atoms with van der Waals surface area (Å²) < 4.78 is 0. The van der Waals surface area contributed by atoms with Gasteiger partial charge in [-0.05, 0) is 18.8 Å². The first-order chi connectivity index (χ1) is 5.24. The Morgan fingerprint density at radius 3 is 2.55 bits per heavy atom. The van der Waals surface area contributed by atoms with Gasteiger partial charge in [0.25, 0.3) is 0 Å². The number of piperidine rings is 1. The summed E-state index contributed by atoms with van der Waals surface area (Å²) in [6, 6.07) is 0. The molecule has 0 aromatic rings. The number of hydrogen-bond donors (Lipinski definition) is 2. The number of rotatable bonds is 1. The molecule has 1 fully saturated rings. The van der Waals surface area contributed by atoms with E-state index in [0.717, 1.165) is 31.8 Å². The van der Waals surface area contributed by atoms with E-state index in [9.17, 15) is 0 Å². The SMILES string of the molecule is CC1CCN(C(=N)CO)CC1. The third kappa shape index (κ3) is 2.19. The normalized spacial score (nSPS) is 20.4. The van der Waals surface area contributed by atoms with Crippen molar-refractivity contribution < 1.29 is 5.11 Å². The minimum atomic E-state index is -0.117. The Bertz CT molecular complexity index is 139. The lowest BCUT2D eigenvalue weighted by molar-refractivity contribution is 0.255. The Hall–Kier alpha value is -0.570. The Kier molecular flexibility index (Phi) is 2.88. The summed E-state index contributed by atoms with van der Waals surface area (Å²) in [4.78, 5) is 1.96. The second-order valence-corrected chi connectivity index (χ2v) is 3.27. The minimum absolute atomic E-state index is 0.117. The van der Waals surface area contributed by atoms with Crippen molar-refractivity contribution in [3.05, 3.63) is 0 Å².